The summed E-state index contributed by atoms with van der Waals surface area (Å²) in [7, 11) is 0. The van der Waals surface area contributed by atoms with E-state index in [4.69, 9.17) is 23.2 Å². The fraction of sp³-hybridized carbons (Fsp3) is 0.0952. The molecular formula is C21H15Cl2N3O2S. The van der Waals surface area contributed by atoms with E-state index in [9.17, 15) is 9.59 Å². The standard InChI is InChI=1S/C21H15Cl2N3O2S/c1-12(19(27)25-17-9-14(22)7-8-16(17)23)26-11-24-20-15(21(26)28)10-18(29-20)13-5-3-2-4-6-13/h2-12H,1H3,(H,25,27)/t12-/m0/s1. The highest BCUT2D eigenvalue weighted by Gasteiger charge is 2.20. The molecule has 4 rings (SSSR count). The summed E-state index contributed by atoms with van der Waals surface area (Å²) in [5.74, 6) is -0.393. The van der Waals surface area contributed by atoms with Crippen molar-refractivity contribution in [2.45, 2.75) is 13.0 Å². The Kier molecular flexibility index (Phi) is 5.41. The molecule has 1 atom stereocenters. The van der Waals surface area contributed by atoms with Gasteiger partial charge in [0.1, 0.15) is 10.9 Å². The van der Waals surface area contributed by atoms with Gasteiger partial charge in [-0.05, 0) is 36.8 Å². The first-order valence-electron chi connectivity index (χ1n) is 8.76. The summed E-state index contributed by atoms with van der Waals surface area (Å²) in [5.41, 5.74) is 1.14. The number of benzene rings is 2. The zero-order chi connectivity index (χ0) is 20.5. The minimum absolute atomic E-state index is 0.270. The van der Waals surface area contributed by atoms with Gasteiger partial charge in [0.2, 0.25) is 5.91 Å². The molecule has 29 heavy (non-hydrogen) atoms. The molecule has 2 heterocycles. The molecule has 0 fully saturated rings. The summed E-state index contributed by atoms with van der Waals surface area (Å²) in [5, 5.41) is 4.01. The lowest BCUT2D eigenvalue weighted by Crippen LogP contribution is -2.31. The molecule has 1 N–H and O–H groups in total. The average molecular weight is 444 g/mol. The maximum Gasteiger partial charge on any atom is 0.262 e. The van der Waals surface area contributed by atoms with Crippen LogP contribution in [0.2, 0.25) is 10.0 Å². The molecule has 0 aliphatic carbocycles. The number of halogens is 2. The van der Waals surface area contributed by atoms with Gasteiger partial charge >= 0.3 is 0 Å². The Bertz CT molecular complexity index is 1270. The van der Waals surface area contributed by atoms with Crippen molar-refractivity contribution in [1.29, 1.82) is 0 Å². The number of hydrogen-bond acceptors (Lipinski definition) is 4. The summed E-state index contributed by atoms with van der Waals surface area (Å²) in [6.07, 6.45) is 1.40. The number of amides is 1. The van der Waals surface area contributed by atoms with Crippen LogP contribution in [0.3, 0.4) is 0 Å². The van der Waals surface area contributed by atoms with E-state index in [0.29, 0.717) is 25.9 Å². The Morgan fingerprint density at radius 3 is 2.66 bits per heavy atom. The SMILES string of the molecule is C[C@@H](C(=O)Nc1cc(Cl)ccc1Cl)n1cnc2sc(-c3ccccc3)cc2c1=O. The molecule has 5 nitrogen and oxygen atoms in total. The second-order valence-corrected chi connectivity index (χ2v) is 8.32. The number of fused-ring (bicyclic) bond motifs is 1. The Morgan fingerprint density at radius 2 is 1.90 bits per heavy atom. The molecule has 1 amide bonds. The second kappa shape index (κ2) is 7.99. The van der Waals surface area contributed by atoms with Crippen LogP contribution in [0.25, 0.3) is 20.7 Å². The maximum atomic E-state index is 13.0. The summed E-state index contributed by atoms with van der Waals surface area (Å²) < 4.78 is 1.32. The van der Waals surface area contributed by atoms with Gasteiger partial charge < -0.3 is 5.32 Å². The van der Waals surface area contributed by atoms with Crippen molar-refractivity contribution in [3.8, 4) is 10.4 Å². The van der Waals surface area contributed by atoms with Crippen LogP contribution in [0.15, 0.2) is 65.7 Å². The maximum absolute atomic E-state index is 13.0. The molecular weight excluding hydrogens is 429 g/mol. The van der Waals surface area contributed by atoms with E-state index >= 15 is 0 Å². The van der Waals surface area contributed by atoms with Gasteiger partial charge in [0, 0.05) is 9.90 Å². The summed E-state index contributed by atoms with van der Waals surface area (Å²) in [4.78, 5) is 31.7. The largest absolute Gasteiger partial charge is 0.323 e. The Hall–Kier alpha value is -2.67. The Labute approximate surface area is 180 Å². The lowest BCUT2D eigenvalue weighted by molar-refractivity contribution is -0.118. The number of nitrogens with one attached hydrogen (secondary N) is 1. The highest BCUT2D eigenvalue weighted by atomic mass is 35.5. The van der Waals surface area contributed by atoms with Crippen molar-refractivity contribution in [1.82, 2.24) is 9.55 Å². The first kappa shape index (κ1) is 19.6. The van der Waals surface area contributed by atoms with Crippen LogP contribution in [-0.2, 0) is 4.79 Å². The van der Waals surface area contributed by atoms with E-state index in [-0.39, 0.29) is 5.56 Å². The molecule has 0 aliphatic rings. The number of rotatable bonds is 4. The third kappa shape index (κ3) is 3.92. The van der Waals surface area contributed by atoms with Gasteiger partial charge in [0.25, 0.3) is 5.56 Å². The quantitative estimate of drug-likeness (QED) is 0.444. The molecule has 8 heteroatoms. The van der Waals surface area contributed by atoms with Crippen LogP contribution in [-0.4, -0.2) is 15.5 Å². The molecule has 0 saturated heterocycles. The Balaban J connectivity index is 1.66. The fourth-order valence-electron chi connectivity index (χ4n) is 2.91. The number of aromatic nitrogens is 2. The number of nitrogens with zero attached hydrogens (tertiary/aromatic N) is 2. The van der Waals surface area contributed by atoms with Crippen LogP contribution in [0, 0.1) is 0 Å². The highest BCUT2D eigenvalue weighted by molar-refractivity contribution is 7.21. The van der Waals surface area contributed by atoms with Gasteiger partial charge in [0.15, 0.2) is 0 Å². The van der Waals surface area contributed by atoms with Gasteiger partial charge in [-0.3, -0.25) is 14.2 Å². The van der Waals surface area contributed by atoms with E-state index in [2.05, 4.69) is 10.3 Å². The minimum Gasteiger partial charge on any atom is -0.323 e. The number of thiophene rings is 1. The predicted octanol–water partition coefficient (Wildman–Crippen LogP) is 5.63. The van der Waals surface area contributed by atoms with Crippen molar-refractivity contribution >= 4 is 56.3 Å². The summed E-state index contributed by atoms with van der Waals surface area (Å²) in [6, 6.07) is 15.6. The molecule has 0 unspecified atom stereocenters. The first-order valence-corrected chi connectivity index (χ1v) is 10.3. The monoisotopic (exact) mass is 443 g/mol. The van der Waals surface area contributed by atoms with E-state index in [1.165, 1.54) is 22.2 Å². The van der Waals surface area contributed by atoms with E-state index in [1.54, 1.807) is 25.1 Å². The van der Waals surface area contributed by atoms with Crippen molar-refractivity contribution in [2.75, 3.05) is 5.32 Å². The van der Waals surface area contributed by atoms with Gasteiger partial charge in [-0.25, -0.2) is 4.98 Å². The lowest BCUT2D eigenvalue weighted by atomic mass is 10.2. The summed E-state index contributed by atoms with van der Waals surface area (Å²) >= 11 is 13.5. The van der Waals surface area contributed by atoms with Crippen molar-refractivity contribution < 1.29 is 4.79 Å². The first-order chi connectivity index (χ1) is 13.9. The number of carbonyl (C=O) groups is 1. The van der Waals surface area contributed by atoms with Crippen molar-refractivity contribution in [3.63, 3.8) is 0 Å². The molecule has 0 aliphatic heterocycles. The molecule has 2 aromatic heterocycles. The third-order valence-corrected chi connectivity index (χ3v) is 6.17. The van der Waals surface area contributed by atoms with Crippen molar-refractivity contribution in [2.24, 2.45) is 0 Å². The normalized spacial score (nSPS) is 12.1. The minimum atomic E-state index is -0.783. The van der Waals surface area contributed by atoms with Crippen molar-refractivity contribution in [3.05, 3.63) is 81.3 Å². The van der Waals surface area contributed by atoms with Gasteiger partial charge in [-0.2, -0.15) is 0 Å². The zero-order valence-electron chi connectivity index (χ0n) is 15.2. The third-order valence-electron chi connectivity index (χ3n) is 4.52. The second-order valence-electron chi connectivity index (χ2n) is 6.44. The van der Waals surface area contributed by atoms with E-state index in [0.717, 1.165) is 10.4 Å². The molecule has 4 aromatic rings. The predicted molar refractivity (Wildman–Crippen MR) is 119 cm³/mol. The Morgan fingerprint density at radius 1 is 1.14 bits per heavy atom. The van der Waals surface area contributed by atoms with Crippen LogP contribution < -0.4 is 10.9 Å². The summed E-state index contributed by atoms with van der Waals surface area (Å²) in [6.45, 7) is 1.63. The molecule has 0 bridgehead atoms. The number of anilines is 1. The molecule has 0 saturated carbocycles. The van der Waals surface area contributed by atoms with E-state index < -0.39 is 11.9 Å². The van der Waals surface area contributed by atoms with Crippen LogP contribution in [0.4, 0.5) is 5.69 Å². The van der Waals surface area contributed by atoms with Crippen LogP contribution in [0.5, 0.6) is 0 Å². The smallest absolute Gasteiger partial charge is 0.262 e. The molecule has 0 radical (unpaired) electrons. The molecule has 0 spiro atoms. The average Bonchev–Trinajstić information content (AvgIpc) is 3.16. The van der Waals surface area contributed by atoms with Gasteiger partial charge in [0.05, 0.1) is 22.4 Å². The highest BCUT2D eigenvalue weighted by Crippen LogP contribution is 2.31. The van der Waals surface area contributed by atoms with Crippen LogP contribution in [0.1, 0.15) is 13.0 Å². The van der Waals surface area contributed by atoms with Gasteiger partial charge in [-0.15, -0.1) is 11.3 Å². The lowest BCUT2D eigenvalue weighted by Gasteiger charge is -2.15. The fourth-order valence-corrected chi connectivity index (χ4v) is 4.25. The van der Waals surface area contributed by atoms with Crippen LogP contribution >= 0.6 is 34.5 Å². The molecule has 146 valence electrons. The molecule has 2 aromatic carbocycles. The van der Waals surface area contributed by atoms with E-state index in [1.807, 2.05) is 36.4 Å². The number of carbonyl (C=O) groups excluding carboxylic acids is 1. The zero-order valence-corrected chi connectivity index (χ0v) is 17.6. The topological polar surface area (TPSA) is 64.0 Å². The van der Waals surface area contributed by atoms with Gasteiger partial charge in [-0.1, -0.05) is 53.5 Å². The number of hydrogen-bond donors (Lipinski definition) is 1.